The van der Waals surface area contributed by atoms with Crippen molar-refractivity contribution >= 4 is 50.7 Å². The first-order valence-corrected chi connectivity index (χ1v) is 9.13. The lowest BCUT2D eigenvalue weighted by atomic mass is 10.2. The van der Waals surface area contributed by atoms with E-state index in [4.69, 9.17) is 28.3 Å². The largest absolute Gasteiger partial charge is 0.343 e. The summed E-state index contributed by atoms with van der Waals surface area (Å²) in [6.07, 6.45) is 0. The molecule has 0 aliphatic heterocycles. The molecule has 0 spiro atoms. The summed E-state index contributed by atoms with van der Waals surface area (Å²) in [5, 5.41) is 10.5. The van der Waals surface area contributed by atoms with Gasteiger partial charge in [-0.1, -0.05) is 23.2 Å². The van der Waals surface area contributed by atoms with Crippen molar-refractivity contribution < 1.29 is 18.0 Å². The van der Waals surface area contributed by atoms with Gasteiger partial charge in [-0.15, -0.1) is 0 Å². The highest BCUT2D eigenvalue weighted by Gasteiger charge is 2.11. The Balaban J connectivity index is 1.92. The van der Waals surface area contributed by atoms with Crippen molar-refractivity contribution in [2.75, 3.05) is 11.9 Å². The molecule has 10 heteroatoms. The fourth-order valence-electron chi connectivity index (χ4n) is 1.83. The van der Waals surface area contributed by atoms with Gasteiger partial charge in [0.15, 0.2) is 0 Å². The van der Waals surface area contributed by atoms with Crippen LogP contribution in [0.1, 0.15) is 10.4 Å². The summed E-state index contributed by atoms with van der Waals surface area (Å²) in [5.74, 6) is -0.977. The van der Waals surface area contributed by atoms with E-state index < -0.39 is 21.8 Å². The summed E-state index contributed by atoms with van der Waals surface area (Å²) < 4.78 is 22.3. The molecule has 0 bridgehead atoms. The van der Waals surface area contributed by atoms with Gasteiger partial charge in [-0.2, -0.15) is 0 Å². The molecule has 0 unspecified atom stereocenters. The second-order valence-electron chi connectivity index (χ2n) is 4.93. The molecule has 2 aromatic rings. The van der Waals surface area contributed by atoms with Crippen LogP contribution in [0.2, 0.25) is 10.0 Å². The van der Waals surface area contributed by atoms with Gasteiger partial charge in [-0.05, 0) is 42.5 Å². The molecule has 132 valence electrons. The smallest absolute Gasteiger partial charge is 0.251 e. The molecular weight excluding hydrogens is 389 g/mol. The Hall–Kier alpha value is -2.13. The minimum atomic E-state index is -3.80. The number of amides is 2. The Labute approximate surface area is 154 Å². The summed E-state index contributed by atoms with van der Waals surface area (Å²) in [4.78, 5) is 23.7. The van der Waals surface area contributed by atoms with Crippen LogP contribution in [0.25, 0.3) is 0 Å². The zero-order valence-electron chi connectivity index (χ0n) is 12.6. The number of carbonyl (C=O) groups is 2. The Morgan fingerprint density at radius 1 is 1.00 bits per heavy atom. The molecule has 25 heavy (non-hydrogen) atoms. The van der Waals surface area contributed by atoms with Crippen LogP contribution in [0.15, 0.2) is 47.4 Å². The first-order chi connectivity index (χ1) is 11.7. The third kappa shape index (κ3) is 5.43. The Kier molecular flexibility index (Phi) is 6.02. The number of nitrogens with one attached hydrogen (secondary N) is 2. The standard InChI is InChI=1S/C15H13Cl2N3O4S/c16-12-6-1-9(7-13(12)17)15(22)19-8-14(21)20-10-2-4-11(5-3-10)25(18,23)24/h1-7H,8H2,(H,19,22)(H,20,21)(H2,18,23,24). The summed E-state index contributed by atoms with van der Waals surface area (Å²) in [5.41, 5.74) is 0.626. The second-order valence-corrected chi connectivity index (χ2v) is 7.30. The van der Waals surface area contributed by atoms with Crippen molar-refractivity contribution in [2.24, 2.45) is 5.14 Å². The zero-order valence-corrected chi connectivity index (χ0v) is 15.0. The molecule has 0 atom stereocenters. The summed E-state index contributed by atoms with van der Waals surface area (Å²) >= 11 is 11.6. The fourth-order valence-corrected chi connectivity index (χ4v) is 2.65. The number of carbonyl (C=O) groups excluding carboxylic acids is 2. The van der Waals surface area contributed by atoms with Crippen LogP contribution in [0.5, 0.6) is 0 Å². The van der Waals surface area contributed by atoms with Crippen LogP contribution in [0.3, 0.4) is 0 Å². The van der Waals surface area contributed by atoms with Crippen molar-refractivity contribution in [1.29, 1.82) is 0 Å². The van der Waals surface area contributed by atoms with E-state index in [2.05, 4.69) is 10.6 Å². The van der Waals surface area contributed by atoms with Gasteiger partial charge in [0, 0.05) is 11.3 Å². The number of hydrogen-bond donors (Lipinski definition) is 3. The van der Waals surface area contributed by atoms with Crippen molar-refractivity contribution in [1.82, 2.24) is 5.32 Å². The van der Waals surface area contributed by atoms with Gasteiger partial charge >= 0.3 is 0 Å². The van der Waals surface area contributed by atoms with Crippen molar-refractivity contribution in [2.45, 2.75) is 4.90 Å². The highest BCUT2D eigenvalue weighted by Crippen LogP contribution is 2.22. The van der Waals surface area contributed by atoms with Gasteiger partial charge in [0.2, 0.25) is 15.9 Å². The van der Waals surface area contributed by atoms with Gasteiger partial charge in [0.1, 0.15) is 0 Å². The lowest BCUT2D eigenvalue weighted by molar-refractivity contribution is -0.115. The van der Waals surface area contributed by atoms with Gasteiger partial charge < -0.3 is 10.6 Å². The third-order valence-electron chi connectivity index (χ3n) is 3.06. The average Bonchev–Trinajstić information content (AvgIpc) is 2.55. The predicted octanol–water partition coefficient (Wildman–Crippen LogP) is 2.01. The number of primary sulfonamides is 1. The number of nitrogens with two attached hydrogens (primary N) is 1. The monoisotopic (exact) mass is 401 g/mol. The highest BCUT2D eigenvalue weighted by atomic mass is 35.5. The molecule has 2 rings (SSSR count). The van der Waals surface area contributed by atoms with Crippen LogP contribution < -0.4 is 15.8 Å². The maximum Gasteiger partial charge on any atom is 0.251 e. The SMILES string of the molecule is NS(=O)(=O)c1ccc(NC(=O)CNC(=O)c2ccc(Cl)c(Cl)c2)cc1. The Bertz CT molecular complexity index is 915. The van der Waals surface area contributed by atoms with Gasteiger partial charge in [-0.3, -0.25) is 9.59 Å². The van der Waals surface area contributed by atoms with Crippen molar-refractivity contribution in [3.8, 4) is 0 Å². The molecule has 4 N–H and O–H groups in total. The normalized spacial score (nSPS) is 11.0. The van der Waals surface area contributed by atoms with Gasteiger partial charge in [0.05, 0.1) is 21.5 Å². The molecule has 0 radical (unpaired) electrons. The van der Waals surface area contributed by atoms with Gasteiger partial charge in [-0.25, -0.2) is 13.6 Å². The molecule has 0 fully saturated rings. The van der Waals surface area contributed by atoms with E-state index in [1.165, 1.54) is 42.5 Å². The van der Waals surface area contributed by atoms with Crippen molar-refractivity contribution in [3.05, 3.63) is 58.1 Å². The fraction of sp³-hybridized carbons (Fsp3) is 0.0667. The van der Waals surface area contributed by atoms with Crippen molar-refractivity contribution in [3.63, 3.8) is 0 Å². The quantitative estimate of drug-likeness (QED) is 0.709. The lowest BCUT2D eigenvalue weighted by Gasteiger charge is -2.08. The zero-order chi connectivity index (χ0) is 18.6. The first-order valence-electron chi connectivity index (χ1n) is 6.83. The maximum absolute atomic E-state index is 11.9. The lowest BCUT2D eigenvalue weighted by Crippen LogP contribution is -2.32. The summed E-state index contributed by atoms with van der Waals surface area (Å²) in [7, 11) is -3.80. The molecule has 0 heterocycles. The first kappa shape index (κ1) is 19.2. The molecule has 0 aromatic heterocycles. The van der Waals surface area contributed by atoms with Crippen LogP contribution in [-0.4, -0.2) is 26.8 Å². The average molecular weight is 402 g/mol. The molecule has 0 saturated carbocycles. The second kappa shape index (κ2) is 7.83. The Morgan fingerprint density at radius 2 is 1.64 bits per heavy atom. The molecule has 0 saturated heterocycles. The van der Waals surface area contributed by atoms with Crippen LogP contribution in [0.4, 0.5) is 5.69 Å². The minimum absolute atomic E-state index is 0.0709. The van der Waals surface area contributed by atoms with Crippen LogP contribution in [-0.2, 0) is 14.8 Å². The summed E-state index contributed by atoms with van der Waals surface area (Å²) in [6.45, 7) is -0.282. The molecule has 2 aromatic carbocycles. The minimum Gasteiger partial charge on any atom is -0.343 e. The van der Waals surface area contributed by atoms with E-state index in [0.717, 1.165) is 0 Å². The number of benzene rings is 2. The number of sulfonamides is 1. The molecule has 2 amide bonds. The van der Waals surface area contributed by atoms with E-state index in [1.54, 1.807) is 0 Å². The van der Waals surface area contributed by atoms with E-state index >= 15 is 0 Å². The van der Waals surface area contributed by atoms with Crippen LogP contribution in [0, 0.1) is 0 Å². The van der Waals surface area contributed by atoms with E-state index in [-0.39, 0.29) is 22.0 Å². The molecule has 0 aliphatic carbocycles. The van der Waals surface area contributed by atoms with Crippen LogP contribution >= 0.6 is 23.2 Å². The van der Waals surface area contributed by atoms with E-state index in [9.17, 15) is 18.0 Å². The van der Waals surface area contributed by atoms with Gasteiger partial charge in [0.25, 0.3) is 5.91 Å². The third-order valence-corrected chi connectivity index (χ3v) is 4.73. The number of halogens is 2. The molecular formula is C15H13Cl2N3O4S. The number of rotatable bonds is 5. The Morgan fingerprint density at radius 3 is 2.20 bits per heavy atom. The maximum atomic E-state index is 11.9. The summed E-state index contributed by atoms with van der Waals surface area (Å²) in [6, 6.07) is 9.65. The predicted molar refractivity (Wildman–Crippen MR) is 95.2 cm³/mol. The van der Waals surface area contributed by atoms with E-state index in [1.807, 2.05) is 0 Å². The number of anilines is 1. The number of hydrogen-bond acceptors (Lipinski definition) is 4. The molecule has 7 nitrogen and oxygen atoms in total. The molecule has 0 aliphatic rings. The highest BCUT2D eigenvalue weighted by molar-refractivity contribution is 7.89. The van der Waals surface area contributed by atoms with E-state index in [0.29, 0.717) is 10.7 Å². The topological polar surface area (TPSA) is 118 Å².